The Hall–Kier alpha value is -4.32. The second kappa shape index (κ2) is 11.9. The number of nitrogens with one attached hydrogen (secondary N) is 2. The molecule has 2 aliphatic rings. The van der Waals surface area contributed by atoms with Crippen LogP contribution in [0.25, 0.3) is 16.9 Å². The van der Waals surface area contributed by atoms with Crippen molar-refractivity contribution in [1.82, 2.24) is 14.3 Å². The molecule has 3 heterocycles. The number of halogens is 2. The number of hydrogen-bond acceptors (Lipinski definition) is 8. The summed E-state index contributed by atoms with van der Waals surface area (Å²) in [5, 5.41) is 11.1. The number of amides is 1. The molecule has 1 aromatic carbocycles. The highest BCUT2D eigenvalue weighted by molar-refractivity contribution is 6.13. The molecule has 3 aromatic rings. The SMILES string of the molecule is CCOC(=O)C1(C(=N)/C=C\Nc2cc(F)c(-c3nc4cc(C)ccn4c3CC3CN(C(=O)OC)CCO3)c(F)c2)CC1. The lowest BCUT2D eigenvalue weighted by molar-refractivity contribution is -0.146. The number of morpholine rings is 1. The molecule has 10 nitrogen and oxygen atoms in total. The molecule has 0 spiro atoms. The highest BCUT2D eigenvalue weighted by Crippen LogP contribution is 2.48. The minimum atomic E-state index is -0.942. The van der Waals surface area contributed by atoms with Gasteiger partial charge in [0, 0.05) is 31.0 Å². The third kappa shape index (κ3) is 5.71. The molecule has 1 unspecified atom stereocenters. The van der Waals surface area contributed by atoms with Gasteiger partial charge in [0.1, 0.15) is 22.7 Å². The first-order chi connectivity index (χ1) is 20.2. The number of aryl methyl sites for hydroxylation is 1. The van der Waals surface area contributed by atoms with Crippen LogP contribution in [-0.2, 0) is 25.4 Å². The van der Waals surface area contributed by atoms with E-state index in [2.05, 4.69) is 10.3 Å². The fourth-order valence-electron chi connectivity index (χ4n) is 5.19. The van der Waals surface area contributed by atoms with E-state index in [-0.39, 0.29) is 42.2 Å². The maximum absolute atomic E-state index is 15.6. The number of hydrogen-bond donors (Lipinski definition) is 2. The van der Waals surface area contributed by atoms with Gasteiger partial charge in [-0.05, 0) is 62.6 Å². The Bertz CT molecular complexity index is 1540. The Morgan fingerprint density at radius 2 is 2.00 bits per heavy atom. The number of ether oxygens (including phenoxy) is 3. The molecule has 1 atom stereocenters. The summed E-state index contributed by atoms with van der Waals surface area (Å²) in [7, 11) is 1.31. The molecular weight excluding hydrogens is 548 g/mol. The molecule has 222 valence electrons. The van der Waals surface area contributed by atoms with Gasteiger partial charge in [0.25, 0.3) is 0 Å². The molecule has 1 aliphatic heterocycles. The Morgan fingerprint density at radius 3 is 2.67 bits per heavy atom. The summed E-state index contributed by atoms with van der Waals surface area (Å²) in [4.78, 5) is 30.4. The molecule has 1 saturated heterocycles. The second-order valence-corrected chi connectivity index (χ2v) is 10.5. The number of benzene rings is 1. The van der Waals surface area contributed by atoms with E-state index >= 15 is 8.78 Å². The standard InChI is InChI=1S/C30H33F2N5O5/c1-4-41-28(38)30(7-8-30)24(33)5-9-34-19-14-21(31)26(22(32)15-19)27-23(37-10-6-18(2)13-25(37)35-27)16-20-17-36(11-12-42-20)29(39)40-3/h5-6,9-10,13-15,20,33-34H,4,7-8,11-12,16-17H2,1-3H3/b9-5-,33-24?. The maximum Gasteiger partial charge on any atom is 0.409 e. The van der Waals surface area contributed by atoms with Crippen LogP contribution in [0, 0.1) is 29.4 Å². The monoisotopic (exact) mass is 581 g/mol. The van der Waals surface area contributed by atoms with Crippen LogP contribution in [0.4, 0.5) is 19.3 Å². The van der Waals surface area contributed by atoms with Crippen LogP contribution >= 0.6 is 0 Å². The largest absolute Gasteiger partial charge is 0.465 e. The van der Waals surface area contributed by atoms with E-state index in [4.69, 9.17) is 19.6 Å². The number of methoxy groups -OCH3 is 1. The second-order valence-electron chi connectivity index (χ2n) is 10.5. The summed E-state index contributed by atoms with van der Waals surface area (Å²) in [6, 6.07) is 6.01. The van der Waals surface area contributed by atoms with Gasteiger partial charge in [-0.2, -0.15) is 0 Å². The van der Waals surface area contributed by atoms with Crippen molar-refractivity contribution in [3.05, 3.63) is 65.6 Å². The molecule has 2 fully saturated rings. The highest BCUT2D eigenvalue weighted by atomic mass is 19.1. The summed E-state index contributed by atoms with van der Waals surface area (Å²) in [6.45, 7) is 4.79. The van der Waals surface area contributed by atoms with Gasteiger partial charge in [-0.1, -0.05) is 0 Å². The fraction of sp³-hybridized carbons (Fsp3) is 0.400. The minimum absolute atomic E-state index is 0.0753. The number of nitrogens with zero attached hydrogens (tertiary/aromatic N) is 3. The van der Waals surface area contributed by atoms with Crippen molar-refractivity contribution < 1.29 is 32.6 Å². The molecule has 5 rings (SSSR count). The number of aromatic nitrogens is 2. The van der Waals surface area contributed by atoms with Gasteiger partial charge in [-0.15, -0.1) is 0 Å². The van der Waals surface area contributed by atoms with Gasteiger partial charge in [-0.25, -0.2) is 18.6 Å². The quantitative estimate of drug-likeness (QED) is 0.273. The van der Waals surface area contributed by atoms with Crippen molar-refractivity contribution in [3.63, 3.8) is 0 Å². The smallest absolute Gasteiger partial charge is 0.409 e. The lowest BCUT2D eigenvalue weighted by atomic mass is 10.0. The van der Waals surface area contributed by atoms with E-state index in [1.807, 2.05) is 19.1 Å². The number of rotatable bonds is 9. The van der Waals surface area contributed by atoms with E-state index in [1.165, 1.54) is 24.3 Å². The molecular formula is C30H33F2N5O5. The van der Waals surface area contributed by atoms with Crippen LogP contribution in [0.3, 0.4) is 0 Å². The van der Waals surface area contributed by atoms with Gasteiger partial charge in [-0.3, -0.25) is 4.79 Å². The van der Waals surface area contributed by atoms with Gasteiger partial charge < -0.3 is 34.2 Å². The van der Waals surface area contributed by atoms with Crippen molar-refractivity contribution >= 4 is 29.1 Å². The number of esters is 1. The van der Waals surface area contributed by atoms with Crippen molar-refractivity contribution in [2.45, 2.75) is 39.2 Å². The van der Waals surface area contributed by atoms with Gasteiger partial charge in [0.15, 0.2) is 0 Å². The summed E-state index contributed by atoms with van der Waals surface area (Å²) >= 11 is 0. The number of pyridine rings is 1. The number of allylic oxidation sites excluding steroid dienone is 1. The third-order valence-corrected chi connectivity index (χ3v) is 7.58. The van der Waals surface area contributed by atoms with E-state index < -0.39 is 35.2 Å². The van der Waals surface area contributed by atoms with E-state index in [1.54, 1.807) is 17.5 Å². The summed E-state index contributed by atoms with van der Waals surface area (Å²) in [6.07, 6.45) is 4.98. The molecule has 2 N–H and O–H groups in total. The zero-order valence-corrected chi connectivity index (χ0v) is 23.7. The van der Waals surface area contributed by atoms with Crippen LogP contribution < -0.4 is 5.32 Å². The third-order valence-electron chi connectivity index (χ3n) is 7.58. The molecule has 1 amide bonds. The normalized spacial score (nSPS) is 17.8. The van der Waals surface area contributed by atoms with Crippen LogP contribution in [0.1, 0.15) is 31.0 Å². The fourth-order valence-corrected chi connectivity index (χ4v) is 5.19. The molecule has 42 heavy (non-hydrogen) atoms. The zero-order valence-electron chi connectivity index (χ0n) is 23.7. The maximum atomic E-state index is 15.6. The number of anilines is 1. The average molecular weight is 582 g/mol. The first-order valence-electron chi connectivity index (χ1n) is 13.8. The van der Waals surface area contributed by atoms with E-state index in [0.29, 0.717) is 37.3 Å². The molecule has 0 bridgehead atoms. The van der Waals surface area contributed by atoms with Crippen LogP contribution in [0.5, 0.6) is 0 Å². The summed E-state index contributed by atoms with van der Waals surface area (Å²) in [5.41, 5.74) is 1.13. The Morgan fingerprint density at radius 1 is 1.26 bits per heavy atom. The molecule has 1 saturated carbocycles. The van der Waals surface area contributed by atoms with Crippen molar-refractivity contribution in [2.75, 3.05) is 38.7 Å². The van der Waals surface area contributed by atoms with Crippen molar-refractivity contribution in [3.8, 4) is 11.3 Å². The van der Waals surface area contributed by atoms with Crippen LogP contribution in [0.2, 0.25) is 0 Å². The predicted molar refractivity (Wildman–Crippen MR) is 151 cm³/mol. The Kier molecular flexibility index (Phi) is 8.26. The molecule has 0 radical (unpaired) electrons. The Balaban J connectivity index is 1.41. The summed E-state index contributed by atoms with van der Waals surface area (Å²) < 4.78 is 48.8. The van der Waals surface area contributed by atoms with Gasteiger partial charge in [0.2, 0.25) is 0 Å². The number of carbonyl (C=O) groups is 2. The number of fused-ring (bicyclic) bond motifs is 1. The zero-order chi connectivity index (χ0) is 30.0. The number of carbonyl (C=O) groups excluding carboxylic acids is 2. The first-order valence-corrected chi connectivity index (χ1v) is 13.8. The molecule has 12 heteroatoms. The van der Waals surface area contributed by atoms with Crippen LogP contribution in [-0.4, -0.2) is 71.6 Å². The number of imidazole rings is 1. The van der Waals surface area contributed by atoms with Crippen molar-refractivity contribution in [1.29, 1.82) is 5.41 Å². The summed E-state index contributed by atoms with van der Waals surface area (Å²) in [5.74, 6) is -2.09. The first kappa shape index (κ1) is 29.2. The molecule has 1 aliphatic carbocycles. The predicted octanol–water partition coefficient (Wildman–Crippen LogP) is 4.89. The Labute approximate surface area is 241 Å². The lowest BCUT2D eigenvalue weighted by Gasteiger charge is -2.32. The van der Waals surface area contributed by atoms with Crippen LogP contribution in [0.15, 0.2) is 42.7 Å². The highest BCUT2D eigenvalue weighted by Gasteiger charge is 2.54. The average Bonchev–Trinajstić information content (AvgIpc) is 3.71. The minimum Gasteiger partial charge on any atom is -0.465 e. The van der Waals surface area contributed by atoms with Gasteiger partial charge in [0.05, 0.1) is 55.6 Å². The van der Waals surface area contributed by atoms with E-state index in [9.17, 15) is 9.59 Å². The lowest BCUT2D eigenvalue weighted by Crippen LogP contribution is -2.46. The van der Waals surface area contributed by atoms with E-state index in [0.717, 1.165) is 17.7 Å². The van der Waals surface area contributed by atoms with Crippen molar-refractivity contribution in [2.24, 2.45) is 5.41 Å². The van der Waals surface area contributed by atoms with Gasteiger partial charge >= 0.3 is 12.1 Å². The topological polar surface area (TPSA) is 118 Å². The molecule has 2 aromatic heterocycles.